The molecule has 0 aromatic rings. The molecule has 7 N–H and O–H groups in total. The van der Waals surface area contributed by atoms with Gasteiger partial charge in [0.2, 0.25) is 0 Å². The standard InChI is InChI=1S/C12H21O10/c1-3-5(14)8(17)10(19)12(20,22-3)11-9(18)7(16)6(15)4(2-13)21-11/h3-11,13-19H,2H2,1H3/t3-,4+,5-,6+,7-,8+,9+,10+,11?,12-/m0/s1. The van der Waals surface area contributed by atoms with Gasteiger partial charge in [-0.2, -0.15) is 5.11 Å². The minimum absolute atomic E-state index is 0.756. The van der Waals surface area contributed by atoms with Crippen LogP contribution in [0.2, 0.25) is 0 Å². The summed E-state index contributed by atoms with van der Waals surface area (Å²) in [7, 11) is 0. The van der Waals surface area contributed by atoms with Crippen LogP contribution in [0.4, 0.5) is 0 Å². The van der Waals surface area contributed by atoms with Crippen molar-refractivity contribution >= 4 is 0 Å². The van der Waals surface area contributed by atoms with Crippen LogP contribution in [0.3, 0.4) is 0 Å². The largest absolute Gasteiger partial charge is 0.394 e. The van der Waals surface area contributed by atoms with Crippen LogP contribution in [0.5, 0.6) is 0 Å². The van der Waals surface area contributed by atoms with E-state index in [9.17, 15) is 35.7 Å². The molecule has 0 aromatic heterocycles. The van der Waals surface area contributed by atoms with Crippen molar-refractivity contribution in [3.05, 3.63) is 0 Å². The zero-order valence-electron chi connectivity index (χ0n) is 11.8. The second-order valence-corrected chi connectivity index (χ2v) is 5.72. The van der Waals surface area contributed by atoms with Gasteiger partial charge in [-0.1, -0.05) is 0 Å². The van der Waals surface area contributed by atoms with Crippen molar-refractivity contribution in [2.24, 2.45) is 0 Å². The Kier molecular flexibility index (Phi) is 5.09. The Labute approximate surface area is 125 Å². The van der Waals surface area contributed by atoms with Crippen molar-refractivity contribution in [2.75, 3.05) is 6.61 Å². The Morgan fingerprint density at radius 3 is 2.05 bits per heavy atom. The van der Waals surface area contributed by atoms with Crippen LogP contribution >= 0.6 is 0 Å². The van der Waals surface area contributed by atoms with Gasteiger partial charge in [-0.25, -0.2) is 0 Å². The van der Waals surface area contributed by atoms with Gasteiger partial charge in [-0.3, -0.25) is 0 Å². The molecule has 129 valence electrons. The first-order valence-corrected chi connectivity index (χ1v) is 6.88. The summed E-state index contributed by atoms with van der Waals surface area (Å²) in [5.74, 6) is -2.91. The number of aliphatic hydroxyl groups excluding tert-OH is 7. The summed E-state index contributed by atoms with van der Waals surface area (Å²) >= 11 is 0. The molecule has 2 aliphatic rings. The zero-order valence-corrected chi connectivity index (χ0v) is 11.8. The van der Waals surface area contributed by atoms with Gasteiger partial charge < -0.3 is 45.2 Å². The van der Waals surface area contributed by atoms with Gasteiger partial charge in [0, 0.05) is 0 Å². The Morgan fingerprint density at radius 2 is 1.50 bits per heavy atom. The average molecular weight is 325 g/mol. The fourth-order valence-electron chi connectivity index (χ4n) is 2.80. The molecular formula is C12H21O10. The smallest absolute Gasteiger partial charge is 0.260 e. The molecule has 10 nitrogen and oxygen atoms in total. The molecule has 10 heteroatoms. The quantitative estimate of drug-likeness (QED) is 0.263. The van der Waals surface area contributed by atoms with Gasteiger partial charge in [0.25, 0.3) is 5.79 Å². The number of hydrogen-bond acceptors (Lipinski definition) is 9. The third-order valence-corrected chi connectivity index (χ3v) is 4.23. The van der Waals surface area contributed by atoms with Crippen LogP contribution < -0.4 is 0 Å². The van der Waals surface area contributed by atoms with Crippen molar-refractivity contribution in [1.82, 2.24) is 0 Å². The maximum absolute atomic E-state index is 12.8. The maximum Gasteiger partial charge on any atom is 0.260 e. The van der Waals surface area contributed by atoms with Crippen molar-refractivity contribution in [3.63, 3.8) is 0 Å². The van der Waals surface area contributed by atoms with E-state index >= 15 is 0 Å². The van der Waals surface area contributed by atoms with Crippen LogP contribution in [0.25, 0.3) is 0 Å². The molecule has 0 amide bonds. The maximum atomic E-state index is 12.8. The Bertz CT molecular complexity index is 392. The molecule has 2 rings (SSSR count). The molecule has 0 saturated carbocycles. The summed E-state index contributed by atoms with van der Waals surface area (Å²) in [4.78, 5) is 0. The highest BCUT2D eigenvalue weighted by molar-refractivity contribution is 5.05. The molecule has 1 radical (unpaired) electrons. The average Bonchev–Trinajstić information content (AvgIpc) is 2.49. The van der Waals surface area contributed by atoms with E-state index in [2.05, 4.69) is 0 Å². The van der Waals surface area contributed by atoms with E-state index < -0.39 is 67.3 Å². The minimum Gasteiger partial charge on any atom is -0.394 e. The lowest BCUT2D eigenvalue weighted by Gasteiger charge is -2.51. The zero-order chi connectivity index (χ0) is 16.8. The summed E-state index contributed by atoms with van der Waals surface area (Å²) in [5, 5.41) is 80.5. The molecule has 22 heavy (non-hydrogen) atoms. The molecule has 2 saturated heterocycles. The second-order valence-electron chi connectivity index (χ2n) is 5.72. The Hall–Kier alpha value is -0.400. The SMILES string of the molecule is C[C@@H]1O[C@]([O])(C2O[C@H](CO)[C@@H](O)[C@H](O)[C@H]2O)[C@H](O)[C@H](O)[C@H]1O. The summed E-state index contributed by atoms with van der Waals surface area (Å²) < 4.78 is 10.1. The summed E-state index contributed by atoms with van der Waals surface area (Å²) in [6.45, 7) is 0.519. The van der Waals surface area contributed by atoms with E-state index in [0.29, 0.717) is 0 Å². The fraction of sp³-hybridized carbons (Fsp3) is 1.00. The molecule has 0 spiro atoms. The highest BCUT2D eigenvalue weighted by Crippen LogP contribution is 2.37. The lowest BCUT2D eigenvalue weighted by molar-refractivity contribution is -0.419. The van der Waals surface area contributed by atoms with E-state index in [1.807, 2.05) is 0 Å². The van der Waals surface area contributed by atoms with Gasteiger partial charge in [0.1, 0.15) is 48.8 Å². The first-order chi connectivity index (χ1) is 10.1. The lowest BCUT2D eigenvalue weighted by Crippen LogP contribution is -2.74. The van der Waals surface area contributed by atoms with Gasteiger partial charge in [-0.05, 0) is 6.92 Å². The minimum atomic E-state index is -2.91. The van der Waals surface area contributed by atoms with E-state index in [1.54, 1.807) is 0 Å². The van der Waals surface area contributed by atoms with Crippen molar-refractivity contribution in [3.8, 4) is 0 Å². The van der Waals surface area contributed by atoms with Crippen molar-refractivity contribution in [1.29, 1.82) is 0 Å². The highest BCUT2D eigenvalue weighted by atomic mass is 16.7. The topological polar surface area (TPSA) is 180 Å². The molecule has 2 heterocycles. The predicted molar refractivity (Wildman–Crippen MR) is 65.8 cm³/mol. The number of rotatable bonds is 2. The van der Waals surface area contributed by atoms with Crippen LogP contribution in [0, 0.1) is 0 Å². The van der Waals surface area contributed by atoms with Crippen molar-refractivity contribution < 1.29 is 50.3 Å². The number of aliphatic hydroxyl groups is 7. The summed E-state index contributed by atoms with van der Waals surface area (Å²) in [6.07, 6.45) is -15.4. The van der Waals surface area contributed by atoms with Gasteiger partial charge in [0.15, 0.2) is 0 Å². The molecule has 0 aliphatic carbocycles. The van der Waals surface area contributed by atoms with Crippen LogP contribution in [0.15, 0.2) is 0 Å². The van der Waals surface area contributed by atoms with Gasteiger partial charge in [-0.15, -0.1) is 0 Å². The van der Waals surface area contributed by atoms with Gasteiger partial charge >= 0.3 is 0 Å². The van der Waals surface area contributed by atoms with E-state index in [0.717, 1.165) is 0 Å². The lowest BCUT2D eigenvalue weighted by atomic mass is 9.83. The van der Waals surface area contributed by atoms with E-state index in [1.165, 1.54) is 6.92 Å². The number of ether oxygens (including phenoxy) is 2. The van der Waals surface area contributed by atoms with Crippen molar-refractivity contribution in [2.45, 2.75) is 67.6 Å². The van der Waals surface area contributed by atoms with E-state index in [4.69, 9.17) is 14.6 Å². The molecule has 10 atom stereocenters. The number of hydrogen-bond donors (Lipinski definition) is 7. The predicted octanol–water partition coefficient (Wildman–Crippen LogP) is -4.54. The first-order valence-electron chi connectivity index (χ1n) is 6.88. The Balaban J connectivity index is 2.31. The monoisotopic (exact) mass is 325 g/mol. The van der Waals surface area contributed by atoms with Crippen LogP contribution in [-0.4, -0.2) is 103 Å². The van der Waals surface area contributed by atoms with E-state index in [-0.39, 0.29) is 0 Å². The molecular weight excluding hydrogens is 304 g/mol. The van der Waals surface area contributed by atoms with Crippen LogP contribution in [0.1, 0.15) is 6.92 Å². The Morgan fingerprint density at radius 1 is 0.909 bits per heavy atom. The van der Waals surface area contributed by atoms with Gasteiger partial charge in [0.05, 0.1) is 12.7 Å². The molecule has 0 bridgehead atoms. The normalized spacial score (nSPS) is 56.9. The molecule has 1 unspecified atom stereocenters. The third-order valence-electron chi connectivity index (χ3n) is 4.23. The molecule has 2 fully saturated rings. The molecule has 0 aromatic carbocycles. The summed E-state index contributed by atoms with van der Waals surface area (Å²) in [6, 6.07) is 0. The summed E-state index contributed by atoms with van der Waals surface area (Å²) in [5.41, 5.74) is 0. The fourth-order valence-corrected chi connectivity index (χ4v) is 2.80. The second kappa shape index (κ2) is 6.24. The highest BCUT2D eigenvalue weighted by Gasteiger charge is 2.63. The first kappa shape index (κ1) is 17.9. The van der Waals surface area contributed by atoms with Crippen LogP contribution in [-0.2, 0) is 14.6 Å². The molecule has 2 aliphatic heterocycles. The third kappa shape index (κ3) is 2.65.